The maximum absolute atomic E-state index is 12.6. The molecule has 22 heavy (non-hydrogen) atoms. The Balaban J connectivity index is 1.71. The van der Waals surface area contributed by atoms with Gasteiger partial charge in [0.15, 0.2) is 5.13 Å². The normalized spacial score (nSPS) is 10.9. The van der Waals surface area contributed by atoms with Crippen LogP contribution in [0.15, 0.2) is 66.7 Å². The van der Waals surface area contributed by atoms with Crippen LogP contribution < -0.4 is 5.32 Å². The molecule has 0 radical (unpaired) electrons. The molecule has 4 rings (SSSR count). The first kappa shape index (κ1) is 13.0. The second-order valence-electron chi connectivity index (χ2n) is 4.97. The van der Waals surface area contributed by atoms with E-state index in [9.17, 15) is 4.79 Å². The Morgan fingerprint density at radius 2 is 1.68 bits per heavy atom. The van der Waals surface area contributed by atoms with Crippen LogP contribution in [0.25, 0.3) is 21.0 Å². The van der Waals surface area contributed by atoms with Crippen molar-refractivity contribution < 1.29 is 4.79 Å². The molecule has 4 aromatic rings. The summed E-state index contributed by atoms with van der Waals surface area (Å²) in [5.41, 5.74) is 1.57. The lowest BCUT2D eigenvalue weighted by molar-refractivity contribution is 0.102. The highest BCUT2D eigenvalue weighted by molar-refractivity contribution is 7.22. The number of amides is 1. The Hall–Kier alpha value is -2.72. The zero-order valence-electron chi connectivity index (χ0n) is 11.6. The highest BCUT2D eigenvalue weighted by Gasteiger charge is 2.12. The third-order valence-corrected chi connectivity index (χ3v) is 4.50. The van der Waals surface area contributed by atoms with Gasteiger partial charge in [-0.15, -0.1) is 0 Å². The van der Waals surface area contributed by atoms with Crippen molar-refractivity contribution in [3.8, 4) is 0 Å². The Kier molecular flexibility index (Phi) is 3.09. The molecule has 0 saturated carbocycles. The number of rotatable bonds is 2. The first-order chi connectivity index (χ1) is 10.8. The molecule has 0 atom stereocenters. The van der Waals surface area contributed by atoms with Crippen LogP contribution in [0.5, 0.6) is 0 Å². The summed E-state index contributed by atoms with van der Waals surface area (Å²) in [6.45, 7) is 0. The van der Waals surface area contributed by atoms with Gasteiger partial charge in [0.05, 0.1) is 10.2 Å². The number of nitrogens with one attached hydrogen (secondary N) is 1. The van der Waals surface area contributed by atoms with Crippen LogP contribution in [0.4, 0.5) is 5.13 Å². The van der Waals surface area contributed by atoms with Gasteiger partial charge in [-0.05, 0) is 29.0 Å². The van der Waals surface area contributed by atoms with E-state index in [1.165, 1.54) is 11.3 Å². The maximum Gasteiger partial charge on any atom is 0.258 e. The van der Waals surface area contributed by atoms with Gasteiger partial charge in [-0.1, -0.05) is 59.9 Å². The first-order valence-electron chi connectivity index (χ1n) is 6.96. The molecule has 1 N–H and O–H groups in total. The summed E-state index contributed by atoms with van der Waals surface area (Å²) in [6.07, 6.45) is 0. The van der Waals surface area contributed by atoms with E-state index in [2.05, 4.69) is 10.3 Å². The predicted octanol–water partition coefficient (Wildman–Crippen LogP) is 4.70. The SMILES string of the molecule is O=C(Nc1nc2ccccc2s1)c1cccc2ccccc12. The molecular weight excluding hydrogens is 292 g/mol. The molecule has 0 aliphatic rings. The van der Waals surface area contributed by atoms with Gasteiger partial charge in [0, 0.05) is 5.56 Å². The summed E-state index contributed by atoms with van der Waals surface area (Å²) in [7, 11) is 0. The Morgan fingerprint density at radius 1 is 0.909 bits per heavy atom. The Bertz CT molecular complexity index is 952. The molecule has 106 valence electrons. The van der Waals surface area contributed by atoms with Crippen molar-refractivity contribution in [1.29, 1.82) is 0 Å². The number of aromatic nitrogens is 1. The summed E-state index contributed by atoms with van der Waals surface area (Å²) in [6, 6.07) is 21.5. The highest BCUT2D eigenvalue weighted by atomic mass is 32.1. The number of fused-ring (bicyclic) bond motifs is 2. The molecule has 1 heterocycles. The molecular formula is C18H12N2OS. The zero-order chi connectivity index (χ0) is 14.9. The summed E-state index contributed by atoms with van der Waals surface area (Å²) < 4.78 is 1.07. The smallest absolute Gasteiger partial charge is 0.258 e. The van der Waals surface area contributed by atoms with Crippen LogP contribution >= 0.6 is 11.3 Å². The van der Waals surface area contributed by atoms with Crippen LogP contribution in [0.2, 0.25) is 0 Å². The largest absolute Gasteiger partial charge is 0.298 e. The second-order valence-corrected chi connectivity index (χ2v) is 6.00. The van der Waals surface area contributed by atoms with Gasteiger partial charge in [0.2, 0.25) is 0 Å². The van der Waals surface area contributed by atoms with E-state index in [0.717, 1.165) is 21.0 Å². The number of hydrogen-bond donors (Lipinski definition) is 1. The lowest BCUT2D eigenvalue weighted by Crippen LogP contribution is -2.12. The lowest BCUT2D eigenvalue weighted by Gasteiger charge is -2.05. The third kappa shape index (κ3) is 2.23. The minimum atomic E-state index is -0.129. The Morgan fingerprint density at radius 3 is 2.59 bits per heavy atom. The van der Waals surface area contributed by atoms with Gasteiger partial charge in [-0.3, -0.25) is 10.1 Å². The fourth-order valence-electron chi connectivity index (χ4n) is 2.51. The average Bonchev–Trinajstić information content (AvgIpc) is 2.96. The van der Waals surface area contributed by atoms with Gasteiger partial charge in [-0.2, -0.15) is 0 Å². The molecule has 0 unspecified atom stereocenters. The molecule has 3 nitrogen and oxygen atoms in total. The van der Waals surface area contributed by atoms with E-state index in [-0.39, 0.29) is 5.91 Å². The molecule has 0 fully saturated rings. The number of carbonyl (C=O) groups is 1. The van der Waals surface area contributed by atoms with E-state index in [1.54, 1.807) is 0 Å². The molecule has 0 bridgehead atoms. The number of thiazole rings is 1. The van der Waals surface area contributed by atoms with Crippen molar-refractivity contribution in [2.75, 3.05) is 5.32 Å². The fraction of sp³-hybridized carbons (Fsp3) is 0. The number of anilines is 1. The van der Waals surface area contributed by atoms with Gasteiger partial charge < -0.3 is 0 Å². The molecule has 0 aliphatic carbocycles. The molecule has 3 aromatic carbocycles. The van der Waals surface area contributed by atoms with Crippen molar-refractivity contribution in [1.82, 2.24) is 4.98 Å². The van der Waals surface area contributed by atoms with Crippen LogP contribution in [0.1, 0.15) is 10.4 Å². The minimum absolute atomic E-state index is 0.129. The van der Waals surface area contributed by atoms with Gasteiger partial charge in [-0.25, -0.2) is 4.98 Å². The highest BCUT2D eigenvalue weighted by Crippen LogP contribution is 2.26. The Labute approximate surface area is 131 Å². The topological polar surface area (TPSA) is 42.0 Å². The second kappa shape index (κ2) is 5.24. The minimum Gasteiger partial charge on any atom is -0.298 e. The van der Waals surface area contributed by atoms with Crippen LogP contribution in [0, 0.1) is 0 Å². The van der Waals surface area contributed by atoms with E-state index >= 15 is 0 Å². The number of nitrogens with zero attached hydrogens (tertiary/aromatic N) is 1. The van der Waals surface area contributed by atoms with Crippen LogP contribution in [-0.2, 0) is 0 Å². The number of carbonyl (C=O) groups excluding carboxylic acids is 1. The monoisotopic (exact) mass is 304 g/mol. The fourth-order valence-corrected chi connectivity index (χ4v) is 3.37. The first-order valence-corrected chi connectivity index (χ1v) is 7.77. The quantitative estimate of drug-likeness (QED) is 0.583. The maximum atomic E-state index is 12.6. The third-order valence-electron chi connectivity index (χ3n) is 3.55. The standard InChI is InChI=1S/C18H12N2OS/c21-17(14-9-5-7-12-6-1-2-8-13(12)14)20-18-19-15-10-3-4-11-16(15)22-18/h1-11H,(H,19,20,21). The van der Waals surface area contributed by atoms with E-state index < -0.39 is 0 Å². The molecule has 0 spiro atoms. The van der Waals surface area contributed by atoms with Gasteiger partial charge in [0.1, 0.15) is 0 Å². The molecule has 1 amide bonds. The van der Waals surface area contributed by atoms with Crippen molar-refractivity contribution in [2.45, 2.75) is 0 Å². The molecule has 4 heteroatoms. The van der Waals surface area contributed by atoms with Gasteiger partial charge >= 0.3 is 0 Å². The number of benzene rings is 3. The van der Waals surface area contributed by atoms with E-state index in [4.69, 9.17) is 0 Å². The molecule has 0 saturated heterocycles. The van der Waals surface area contributed by atoms with Crippen molar-refractivity contribution in [3.63, 3.8) is 0 Å². The van der Waals surface area contributed by atoms with Crippen molar-refractivity contribution in [2.24, 2.45) is 0 Å². The molecule has 1 aromatic heterocycles. The molecule has 0 aliphatic heterocycles. The summed E-state index contributed by atoms with van der Waals surface area (Å²) in [5.74, 6) is -0.129. The predicted molar refractivity (Wildman–Crippen MR) is 91.5 cm³/mol. The number of hydrogen-bond acceptors (Lipinski definition) is 3. The average molecular weight is 304 g/mol. The summed E-state index contributed by atoms with van der Waals surface area (Å²) in [5, 5.41) is 5.54. The van der Waals surface area contributed by atoms with Crippen LogP contribution in [-0.4, -0.2) is 10.9 Å². The number of para-hydroxylation sites is 1. The summed E-state index contributed by atoms with van der Waals surface area (Å²) >= 11 is 1.48. The van der Waals surface area contributed by atoms with Crippen molar-refractivity contribution in [3.05, 3.63) is 72.3 Å². The van der Waals surface area contributed by atoms with E-state index in [0.29, 0.717) is 10.7 Å². The zero-order valence-corrected chi connectivity index (χ0v) is 12.4. The van der Waals surface area contributed by atoms with Gasteiger partial charge in [0.25, 0.3) is 5.91 Å². The summed E-state index contributed by atoms with van der Waals surface area (Å²) in [4.78, 5) is 17.0. The van der Waals surface area contributed by atoms with Crippen LogP contribution in [0.3, 0.4) is 0 Å². The lowest BCUT2D eigenvalue weighted by atomic mass is 10.0. The van der Waals surface area contributed by atoms with E-state index in [1.807, 2.05) is 66.7 Å². The van der Waals surface area contributed by atoms with Crippen molar-refractivity contribution >= 4 is 43.4 Å².